The van der Waals surface area contributed by atoms with Crippen LogP contribution in [0, 0.1) is 24.0 Å². The fourth-order valence-electron chi connectivity index (χ4n) is 3.40. The number of halogens is 2. The van der Waals surface area contributed by atoms with E-state index in [1.165, 1.54) is 12.1 Å². The van der Waals surface area contributed by atoms with Gasteiger partial charge in [0.15, 0.2) is 0 Å². The summed E-state index contributed by atoms with van der Waals surface area (Å²) in [5.41, 5.74) is 7.36. The van der Waals surface area contributed by atoms with Crippen molar-refractivity contribution in [1.82, 2.24) is 5.32 Å². The molecule has 1 aliphatic carbocycles. The molecule has 1 fully saturated rings. The predicted octanol–water partition coefficient (Wildman–Crippen LogP) is 2.85. The Labute approximate surface area is 158 Å². The minimum atomic E-state index is -1.04. The van der Waals surface area contributed by atoms with Crippen molar-refractivity contribution in [2.24, 2.45) is 5.73 Å². The summed E-state index contributed by atoms with van der Waals surface area (Å²) in [7, 11) is 0. The summed E-state index contributed by atoms with van der Waals surface area (Å²) in [6.45, 7) is 1.95. The molecule has 2 aromatic carbocycles. The Kier molecular flexibility index (Phi) is 5.34. The molecule has 27 heavy (non-hydrogen) atoms. The summed E-state index contributed by atoms with van der Waals surface area (Å²) < 4.78 is 26.8. The lowest BCUT2D eigenvalue weighted by atomic mass is 9.87. The highest BCUT2D eigenvalue weighted by Gasteiger charge is 2.45. The van der Waals surface area contributed by atoms with Crippen molar-refractivity contribution in [3.8, 4) is 12.3 Å². The van der Waals surface area contributed by atoms with E-state index in [1.807, 2.05) is 24.3 Å². The van der Waals surface area contributed by atoms with E-state index in [2.05, 4.69) is 11.2 Å². The predicted molar refractivity (Wildman–Crippen MR) is 102 cm³/mol. The number of hydrogen-bond acceptors (Lipinski definition) is 3. The summed E-state index contributed by atoms with van der Waals surface area (Å²) >= 11 is 0. The Morgan fingerprint density at radius 3 is 2.52 bits per heavy atom. The van der Waals surface area contributed by atoms with Crippen LogP contribution in [0.25, 0.3) is 0 Å². The van der Waals surface area contributed by atoms with Crippen molar-refractivity contribution in [2.45, 2.75) is 43.4 Å². The van der Waals surface area contributed by atoms with Gasteiger partial charge in [-0.15, -0.1) is 6.42 Å². The van der Waals surface area contributed by atoms with E-state index in [1.54, 1.807) is 6.92 Å². The third-order valence-corrected chi connectivity index (χ3v) is 5.23. The molecule has 1 aliphatic rings. The zero-order valence-electron chi connectivity index (χ0n) is 15.3. The molecule has 142 valence electrons. The van der Waals surface area contributed by atoms with E-state index in [-0.39, 0.29) is 18.5 Å². The molecule has 3 nitrogen and oxygen atoms in total. The quantitative estimate of drug-likeness (QED) is 0.657. The van der Waals surface area contributed by atoms with Crippen molar-refractivity contribution in [2.75, 3.05) is 6.54 Å². The summed E-state index contributed by atoms with van der Waals surface area (Å²) in [5.74, 6) is 1.33. The third kappa shape index (κ3) is 4.54. The minimum Gasteiger partial charge on any atom is -0.390 e. The highest BCUT2D eigenvalue weighted by molar-refractivity contribution is 5.40. The first-order chi connectivity index (χ1) is 12.7. The molecule has 0 unspecified atom stereocenters. The fraction of sp³-hybridized carbons (Fsp3) is 0.364. The second-order valence-electron chi connectivity index (χ2n) is 7.66. The Morgan fingerprint density at radius 2 is 1.93 bits per heavy atom. The van der Waals surface area contributed by atoms with Crippen LogP contribution in [0.4, 0.5) is 8.78 Å². The zero-order valence-corrected chi connectivity index (χ0v) is 15.3. The number of aliphatic hydroxyl groups is 1. The molecule has 0 spiro atoms. The SMILES string of the molecule is C#Cc1cccc(C2(NC[C@@H](O)[C@@](C)(N)Cc3cc(F)cc(F)c3)CC2)c1. The monoisotopic (exact) mass is 370 g/mol. The van der Waals surface area contributed by atoms with Gasteiger partial charge in [-0.25, -0.2) is 8.78 Å². The fourth-order valence-corrected chi connectivity index (χ4v) is 3.40. The van der Waals surface area contributed by atoms with Gasteiger partial charge < -0.3 is 16.2 Å². The van der Waals surface area contributed by atoms with Crippen LogP contribution in [0.2, 0.25) is 0 Å². The first kappa shape index (κ1) is 19.5. The Balaban J connectivity index is 1.65. The normalized spacial score (nSPS) is 18.4. The van der Waals surface area contributed by atoms with Gasteiger partial charge in [-0.05, 0) is 61.6 Å². The molecule has 3 rings (SSSR count). The van der Waals surface area contributed by atoms with Crippen LogP contribution in [0.5, 0.6) is 0 Å². The molecule has 0 bridgehead atoms. The molecule has 5 heteroatoms. The van der Waals surface area contributed by atoms with Gasteiger partial charge in [0.2, 0.25) is 0 Å². The molecule has 0 aliphatic heterocycles. The summed E-state index contributed by atoms with van der Waals surface area (Å²) in [6, 6.07) is 11.1. The molecule has 0 amide bonds. The Morgan fingerprint density at radius 1 is 1.26 bits per heavy atom. The highest BCUT2D eigenvalue weighted by atomic mass is 19.1. The summed E-state index contributed by atoms with van der Waals surface area (Å²) in [6.07, 6.45) is 6.64. The van der Waals surface area contributed by atoms with Gasteiger partial charge >= 0.3 is 0 Å². The van der Waals surface area contributed by atoms with Crippen LogP contribution >= 0.6 is 0 Å². The van der Waals surface area contributed by atoms with Gasteiger partial charge in [0.05, 0.1) is 6.10 Å². The number of nitrogens with two attached hydrogens (primary N) is 1. The van der Waals surface area contributed by atoms with Crippen molar-refractivity contribution in [3.05, 3.63) is 70.8 Å². The number of terminal acetylenes is 1. The van der Waals surface area contributed by atoms with Gasteiger partial charge in [-0.3, -0.25) is 0 Å². The smallest absolute Gasteiger partial charge is 0.126 e. The van der Waals surface area contributed by atoms with Gasteiger partial charge in [-0.2, -0.15) is 0 Å². The maximum atomic E-state index is 13.4. The molecule has 2 aromatic rings. The lowest BCUT2D eigenvalue weighted by Gasteiger charge is -2.32. The Hall–Kier alpha value is -2.26. The molecular formula is C22H24F2N2O. The van der Waals surface area contributed by atoms with Crippen LogP contribution in [0.1, 0.15) is 36.5 Å². The second kappa shape index (κ2) is 7.40. The molecular weight excluding hydrogens is 346 g/mol. The molecule has 4 N–H and O–H groups in total. The van der Waals surface area contributed by atoms with E-state index in [4.69, 9.17) is 12.2 Å². The third-order valence-electron chi connectivity index (χ3n) is 5.23. The molecule has 0 radical (unpaired) electrons. The number of hydrogen-bond donors (Lipinski definition) is 3. The minimum absolute atomic E-state index is 0.157. The van der Waals surface area contributed by atoms with Gasteiger partial charge in [0.25, 0.3) is 0 Å². The van der Waals surface area contributed by atoms with Crippen molar-refractivity contribution in [3.63, 3.8) is 0 Å². The molecule has 2 atom stereocenters. The van der Waals surface area contributed by atoms with Gasteiger partial charge in [-0.1, -0.05) is 18.1 Å². The maximum Gasteiger partial charge on any atom is 0.126 e. The average Bonchev–Trinajstić information content (AvgIpc) is 3.39. The van der Waals surface area contributed by atoms with Gasteiger partial charge in [0, 0.05) is 29.3 Å². The van der Waals surface area contributed by atoms with Crippen LogP contribution < -0.4 is 11.1 Å². The van der Waals surface area contributed by atoms with E-state index in [0.717, 1.165) is 30.0 Å². The molecule has 0 heterocycles. The Bertz CT molecular complexity index is 849. The largest absolute Gasteiger partial charge is 0.390 e. The summed E-state index contributed by atoms with van der Waals surface area (Å²) in [4.78, 5) is 0. The summed E-state index contributed by atoms with van der Waals surface area (Å²) in [5, 5.41) is 14.0. The first-order valence-corrected chi connectivity index (χ1v) is 8.98. The highest BCUT2D eigenvalue weighted by Crippen LogP contribution is 2.45. The maximum absolute atomic E-state index is 13.4. The van der Waals surface area contributed by atoms with Gasteiger partial charge in [0.1, 0.15) is 11.6 Å². The molecule has 0 aromatic heterocycles. The van der Waals surface area contributed by atoms with E-state index < -0.39 is 23.3 Å². The van der Waals surface area contributed by atoms with Crippen LogP contribution in [-0.4, -0.2) is 23.3 Å². The van der Waals surface area contributed by atoms with Crippen molar-refractivity contribution >= 4 is 0 Å². The van der Waals surface area contributed by atoms with Crippen LogP contribution in [0.15, 0.2) is 42.5 Å². The molecule has 0 saturated heterocycles. The number of benzene rings is 2. The van der Waals surface area contributed by atoms with Crippen molar-refractivity contribution < 1.29 is 13.9 Å². The topological polar surface area (TPSA) is 58.3 Å². The first-order valence-electron chi connectivity index (χ1n) is 8.98. The zero-order chi connectivity index (χ0) is 19.7. The van der Waals surface area contributed by atoms with E-state index in [0.29, 0.717) is 5.56 Å². The van der Waals surface area contributed by atoms with Crippen LogP contribution in [-0.2, 0) is 12.0 Å². The number of nitrogens with one attached hydrogen (secondary N) is 1. The standard InChI is InChI=1S/C22H24F2N2O/c1-3-15-5-4-6-17(9-15)22(7-8-22)26-14-20(27)21(2,25)13-16-10-18(23)12-19(24)11-16/h1,4-6,9-12,20,26-27H,7-8,13-14,25H2,2H3/t20-,21+/m1/s1. The molecule has 1 saturated carbocycles. The second-order valence-corrected chi connectivity index (χ2v) is 7.66. The van der Waals surface area contributed by atoms with Crippen LogP contribution in [0.3, 0.4) is 0 Å². The number of aliphatic hydroxyl groups excluding tert-OH is 1. The van der Waals surface area contributed by atoms with E-state index in [9.17, 15) is 13.9 Å². The van der Waals surface area contributed by atoms with E-state index >= 15 is 0 Å². The van der Waals surface area contributed by atoms with Crippen molar-refractivity contribution in [1.29, 1.82) is 0 Å². The lowest BCUT2D eigenvalue weighted by Crippen LogP contribution is -2.55. The number of rotatable bonds is 7. The average molecular weight is 370 g/mol. The lowest BCUT2D eigenvalue weighted by molar-refractivity contribution is 0.0885.